The fourth-order valence-corrected chi connectivity index (χ4v) is 16.4. The molecule has 0 aromatic carbocycles. The Labute approximate surface area is 179 Å². The lowest BCUT2D eigenvalue weighted by atomic mass is 9.91. The van der Waals surface area contributed by atoms with Crippen LogP contribution in [0.5, 0.6) is 0 Å². The topological polar surface area (TPSA) is 54.0 Å². The Bertz CT molecular complexity index is 474. The Morgan fingerprint density at radius 3 is 1.71 bits per heavy atom. The molecule has 0 N–H and O–H groups in total. The molecule has 168 valence electrons. The van der Waals surface area contributed by atoms with Crippen LogP contribution in [0.15, 0.2) is 0 Å². The summed E-state index contributed by atoms with van der Waals surface area (Å²) in [5.74, 6) is -0.135. The van der Waals surface area contributed by atoms with Gasteiger partial charge in [0.15, 0.2) is 26.4 Å². The molecule has 0 rings (SSSR count). The summed E-state index contributed by atoms with van der Waals surface area (Å²) in [6, 6.07) is 0.713. The van der Waals surface area contributed by atoms with Crippen LogP contribution in [0.4, 0.5) is 0 Å². The van der Waals surface area contributed by atoms with Crippen LogP contribution in [-0.2, 0) is 21.9 Å². The first-order valence-electron chi connectivity index (χ1n) is 10.5. The summed E-state index contributed by atoms with van der Waals surface area (Å²) in [5.41, 5.74) is -0.437. The van der Waals surface area contributed by atoms with E-state index in [9.17, 15) is 4.79 Å². The summed E-state index contributed by atoms with van der Waals surface area (Å²) < 4.78 is 25.5. The minimum atomic E-state index is -2.81. The zero-order valence-electron chi connectivity index (χ0n) is 20.6. The summed E-state index contributed by atoms with van der Waals surface area (Å²) in [7, 11) is -7.34. The third kappa shape index (κ3) is 12.7. The summed E-state index contributed by atoms with van der Waals surface area (Å²) in [5, 5.41) is 0.168. The van der Waals surface area contributed by atoms with Crippen molar-refractivity contribution in [3.05, 3.63) is 0 Å². The van der Waals surface area contributed by atoms with Gasteiger partial charge in [-0.2, -0.15) is 0 Å². The van der Waals surface area contributed by atoms with Crippen molar-refractivity contribution >= 4 is 41.2 Å². The fraction of sp³-hybridized carbons (Fsp3) is 0.947. The normalized spacial score (nSPS) is 14.7. The van der Waals surface area contributed by atoms with Crippen LogP contribution in [0.2, 0.25) is 50.4 Å². The summed E-state index contributed by atoms with van der Waals surface area (Å²) in [6.07, 6.45) is 1.48. The lowest BCUT2D eigenvalue weighted by molar-refractivity contribution is -0.154. The van der Waals surface area contributed by atoms with Crippen LogP contribution in [0.1, 0.15) is 54.4 Å². The Kier molecular flexibility index (Phi) is 10.6. The largest absolute Gasteiger partial charge is 0.469 e. The monoisotopic (exact) mass is 466 g/mol. The lowest BCUT2D eigenvalue weighted by Gasteiger charge is -2.41. The van der Waals surface area contributed by atoms with Crippen molar-refractivity contribution in [2.75, 3.05) is 6.61 Å². The average Bonchev–Trinajstić information content (AvgIpc) is 2.45. The van der Waals surface area contributed by atoms with E-state index in [0.29, 0.717) is 19.1 Å². The Hall–Kier alpha value is 0.218. The third-order valence-corrected chi connectivity index (χ3v) is 15.5. The van der Waals surface area contributed by atoms with Crippen LogP contribution in [0.3, 0.4) is 0 Å². The van der Waals surface area contributed by atoms with Crippen molar-refractivity contribution in [1.82, 2.24) is 0 Å². The average molecular weight is 467 g/mol. The summed E-state index contributed by atoms with van der Waals surface area (Å²) in [6.45, 7) is 26.0. The summed E-state index contributed by atoms with van der Waals surface area (Å²) in [4.78, 5) is 12.3. The van der Waals surface area contributed by atoms with Gasteiger partial charge in [0, 0.05) is 6.04 Å². The van der Waals surface area contributed by atoms with Gasteiger partial charge < -0.3 is 17.1 Å². The van der Waals surface area contributed by atoms with Gasteiger partial charge in [-0.15, -0.1) is 0 Å². The van der Waals surface area contributed by atoms with Crippen molar-refractivity contribution in [2.24, 2.45) is 5.41 Å². The smallest absolute Gasteiger partial charge is 0.465 e. The highest BCUT2D eigenvalue weighted by Gasteiger charge is 2.47. The van der Waals surface area contributed by atoms with Crippen LogP contribution >= 0.6 is 0 Å². The van der Waals surface area contributed by atoms with E-state index in [-0.39, 0.29) is 11.0 Å². The van der Waals surface area contributed by atoms with Gasteiger partial charge in [0.25, 0.3) is 0 Å². The van der Waals surface area contributed by atoms with Crippen molar-refractivity contribution in [1.29, 1.82) is 0 Å². The van der Waals surface area contributed by atoms with Gasteiger partial charge in [-0.1, -0.05) is 27.7 Å². The molecule has 28 heavy (non-hydrogen) atoms. The molecule has 0 aromatic heterocycles. The molecular formula is C19H46O5Si4. The second kappa shape index (κ2) is 10.5. The molecular weight excluding hydrogens is 421 g/mol. The zero-order chi connectivity index (χ0) is 22.4. The van der Waals surface area contributed by atoms with E-state index >= 15 is 0 Å². The predicted molar refractivity (Wildman–Crippen MR) is 128 cm³/mol. The molecule has 9 heteroatoms. The van der Waals surface area contributed by atoms with Crippen LogP contribution < -0.4 is 0 Å². The quantitative estimate of drug-likeness (QED) is 0.221. The molecule has 0 aliphatic carbocycles. The van der Waals surface area contributed by atoms with Gasteiger partial charge in [-0.05, 0) is 71.0 Å². The molecule has 0 heterocycles. The van der Waals surface area contributed by atoms with E-state index in [0.717, 1.165) is 6.42 Å². The number of rotatable bonds is 12. The number of esters is 1. The van der Waals surface area contributed by atoms with Crippen molar-refractivity contribution in [3.63, 3.8) is 0 Å². The van der Waals surface area contributed by atoms with Crippen molar-refractivity contribution < 1.29 is 21.9 Å². The molecule has 0 spiro atoms. The minimum Gasteiger partial charge on any atom is -0.465 e. The molecule has 0 aliphatic heterocycles. The number of carbonyl (C=O) groups is 1. The van der Waals surface area contributed by atoms with Gasteiger partial charge in [0.2, 0.25) is 0 Å². The van der Waals surface area contributed by atoms with Crippen LogP contribution in [-0.4, -0.2) is 47.8 Å². The molecule has 0 bridgehead atoms. The molecule has 5 nitrogen and oxygen atoms in total. The molecule has 0 unspecified atom stereocenters. The summed E-state index contributed by atoms with van der Waals surface area (Å²) >= 11 is 0. The highest BCUT2D eigenvalue weighted by molar-refractivity contribution is 6.87. The maximum absolute atomic E-state index is 12.3. The molecule has 0 atom stereocenters. The van der Waals surface area contributed by atoms with E-state index in [1.807, 2.05) is 20.8 Å². The molecule has 0 radical (unpaired) electrons. The van der Waals surface area contributed by atoms with E-state index < -0.39 is 40.6 Å². The first-order valence-corrected chi connectivity index (χ1v) is 20.6. The molecule has 0 saturated heterocycles. The number of ether oxygens (including phenoxy) is 1. The highest BCUT2D eigenvalue weighted by atomic mass is 28.5. The Morgan fingerprint density at radius 2 is 1.36 bits per heavy atom. The molecule has 0 aromatic rings. The van der Waals surface area contributed by atoms with Crippen LogP contribution in [0, 0.1) is 5.41 Å². The Morgan fingerprint density at radius 1 is 0.893 bits per heavy atom. The number of hydrogen-bond acceptors (Lipinski definition) is 5. The van der Waals surface area contributed by atoms with E-state index in [4.69, 9.17) is 17.1 Å². The van der Waals surface area contributed by atoms with Crippen molar-refractivity contribution in [2.45, 2.75) is 105 Å². The second-order valence-electron chi connectivity index (χ2n) is 11.4. The van der Waals surface area contributed by atoms with E-state index in [1.165, 1.54) is 0 Å². The van der Waals surface area contributed by atoms with E-state index in [1.54, 1.807) is 0 Å². The number of hydrogen-bond donors (Lipinski definition) is 0. The van der Waals surface area contributed by atoms with Gasteiger partial charge >= 0.3 is 14.8 Å². The maximum atomic E-state index is 12.3. The third-order valence-electron chi connectivity index (χ3n) is 3.95. The molecule has 0 aliphatic rings. The van der Waals surface area contributed by atoms with Gasteiger partial charge in [-0.3, -0.25) is 4.79 Å². The molecule has 0 fully saturated rings. The number of carbonyl (C=O) groups excluding carboxylic acids is 1. The first kappa shape index (κ1) is 28.2. The maximum Gasteiger partial charge on any atom is 0.469 e. The molecule has 0 saturated carbocycles. The predicted octanol–water partition coefficient (Wildman–Crippen LogP) is 5.32. The van der Waals surface area contributed by atoms with E-state index in [2.05, 4.69) is 60.1 Å². The van der Waals surface area contributed by atoms with Gasteiger partial charge in [-0.25, -0.2) is 0 Å². The zero-order valence-corrected chi connectivity index (χ0v) is 25.0. The van der Waals surface area contributed by atoms with Crippen LogP contribution in [0.25, 0.3) is 0 Å². The highest BCUT2D eigenvalue weighted by Crippen LogP contribution is 2.30. The van der Waals surface area contributed by atoms with Crippen molar-refractivity contribution in [3.8, 4) is 0 Å². The second-order valence-corrected chi connectivity index (χ2v) is 27.0. The van der Waals surface area contributed by atoms with Gasteiger partial charge in [0.1, 0.15) is 0 Å². The lowest BCUT2D eigenvalue weighted by Crippen LogP contribution is -2.58. The fourth-order valence-electron chi connectivity index (χ4n) is 2.31. The first-order chi connectivity index (χ1) is 12.3. The minimum absolute atomic E-state index is 0.135. The molecule has 0 amide bonds. The van der Waals surface area contributed by atoms with Gasteiger partial charge in [0.05, 0.1) is 12.0 Å². The SMILES string of the molecule is CCC(C)(C)C(=O)OCCC[Si](O[SiH2]C(C)(C)C)(O[Si](C)(C)C)O[Si](C)(C)C. The standard InChI is InChI=1S/C19H46O5Si4/c1-13-19(5,6)17(20)21-15-14-16-28(23-26(7,8)9,24-27(10,11)12)22-25-18(2,3)4/h13-16,25H2,1-12H3. The Balaban J connectivity index is 5.29.